The lowest BCUT2D eigenvalue weighted by molar-refractivity contribution is 0.0746. The number of anilines is 1. The molecule has 1 amide bonds. The van der Waals surface area contributed by atoms with Crippen molar-refractivity contribution < 1.29 is 17.9 Å². The molecular formula is C23H29N3O4S. The monoisotopic (exact) mass is 443 g/mol. The summed E-state index contributed by atoms with van der Waals surface area (Å²) in [5.41, 5.74) is 2.79. The van der Waals surface area contributed by atoms with Gasteiger partial charge in [0.05, 0.1) is 7.11 Å². The molecule has 4 rings (SSSR count). The van der Waals surface area contributed by atoms with Gasteiger partial charge in [0.2, 0.25) is 10.0 Å². The Morgan fingerprint density at radius 3 is 2.26 bits per heavy atom. The molecule has 2 heterocycles. The molecule has 0 atom stereocenters. The third-order valence-electron chi connectivity index (χ3n) is 6.12. The summed E-state index contributed by atoms with van der Waals surface area (Å²) in [5, 5.41) is 0. The molecule has 0 saturated carbocycles. The highest BCUT2D eigenvalue weighted by atomic mass is 32.2. The van der Waals surface area contributed by atoms with E-state index in [1.54, 1.807) is 17.0 Å². The Hall–Kier alpha value is -2.58. The van der Waals surface area contributed by atoms with Gasteiger partial charge in [-0.1, -0.05) is 18.2 Å². The van der Waals surface area contributed by atoms with Crippen molar-refractivity contribution in [2.24, 2.45) is 0 Å². The van der Waals surface area contributed by atoms with Crippen molar-refractivity contribution in [3.05, 3.63) is 53.6 Å². The summed E-state index contributed by atoms with van der Waals surface area (Å²) in [7, 11) is -2.24. The normalized spacial score (nSPS) is 17.7. The lowest BCUT2D eigenvalue weighted by Crippen LogP contribution is -2.49. The van der Waals surface area contributed by atoms with Gasteiger partial charge in [0.15, 0.2) is 0 Å². The maximum absolute atomic E-state index is 13.2. The molecule has 0 spiro atoms. The number of rotatable bonds is 5. The van der Waals surface area contributed by atoms with Crippen molar-refractivity contribution in [1.82, 2.24) is 9.21 Å². The second-order valence-corrected chi connectivity index (χ2v) is 9.95. The number of amides is 1. The second-order valence-electron chi connectivity index (χ2n) is 8.04. The number of aryl methyl sites for hydroxylation is 1. The van der Waals surface area contributed by atoms with Crippen LogP contribution in [-0.2, 0) is 10.0 Å². The van der Waals surface area contributed by atoms with Crippen molar-refractivity contribution in [2.45, 2.75) is 24.7 Å². The van der Waals surface area contributed by atoms with Gasteiger partial charge in [0.1, 0.15) is 10.6 Å². The third kappa shape index (κ3) is 4.27. The Morgan fingerprint density at radius 1 is 0.935 bits per heavy atom. The van der Waals surface area contributed by atoms with E-state index in [0.717, 1.165) is 25.9 Å². The van der Waals surface area contributed by atoms with Gasteiger partial charge in [-0.2, -0.15) is 4.31 Å². The molecule has 2 aromatic rings. The fraction of sp³-hybridized carbons (Fsp3) is 0.435. The Bertz CT molecular complexity index is 1060. The number of ether oxygens (including phenoxy) is 1. The van der Waals surface area contributed by atoms with Crippen LogP contribution in [0.4, 0.5) is 5.69 Å². The number of hydrogen-bond donors (Lipinski definition) is 0. The minimum absolute atomic E-state index is 0.0706. The molecule has 2 saturated heterocycles. The highest BCUT2D eigenvalue weighted by Gasteiger charge is 2.31. The number of methoxy groups -OCH3 is 1. The van der Waals surface area contributed by atoms with Crippen LogP contribution in [0.3, 0.4) is 0 Å². The van der Waals surface area contributed by atoms with Gasteiger partial charge in [0.25, 0.3) is 5.91 Å². The summed E-state index contributed by atoms with van der Waals surface area (Å²) in [5.74, 6) is 0.123. The number of carbonyl (C=O) groups is 1. The Morgan fingerprint density at radius 2 is 1.61 bits per heavy atom. The number of carbonyl (C=O) groups excluding carboxylic acids is 1. The second kappa shape index (κ2) is 8.88. The third-order valence-corrected chi connectivity index (χ3v) is 8.04. The van der Waals surface area contributed by atoms with Crippen molar-refractivity contribution in [3.63, 3.8) is 0 Å². The van der Waals surface area contributed by atoms with Crippen LogP contribution in [0, 0.1) is 6.92 Å². The SMILES string of the molecule is COc1ccc(C(=O)N2CCN(c3ccccc3C)CC2)cc1S(=O)(=O)N1CCCC1. The molecule has 0 aromatic heterocycles. The van der Waals surface area contributed by atoms with Crippen molar-refractivity contribution in [3.8, 4) is 5.75 Å². The van der Waals surface area contributed by atoms with Crippen LogP contribution in [0.2, 0.25) is 0 Å². The zero-order chi connectivity index (χ0) is 22.0. The average molecular weight is 444 g/mol. The first-order valence-corrected chi connectivity index (χ1v) is 12.1. The standard InChI is InChI=1S/C23H29N3O4S/c1-18-7-3-4-8-20(18)24-13-15-25(16-14-24)23(27)19-9-10-21(30-2)22(17-19)31(28,29)26-11-5-6-12-26/h3-4,7-10,17H,5-6,11-16H2,1-2H3. The first-order chi connectivity index (χ1) is 14.9. The van der Waals surface area contributed by atoms with Gasteiger partial charge in [-0.3, -0.25) is 4.79 Å². The quantitative estimate of drug-likeness (QED) is 0.711. The first kappa shape index (κ1) is 21.6. The van der Waals surface area contributed by atoms with Crippen LogP contribution < -0.4 is 9.64 Å². The fourth-order valence-electron chi connectivity index (χ4n) is 4.33. The summed E-state index contributed by atoms with van der Waals surface area (Å²) in [4.78, 5) is 17.3. The highest BCUT2D eigenvalue weighted by Crippen LogP contribution is 2.30. The van der Waals surface area contributed by atoms with Crippen molar-refractivity contribution in [1.29, 1.82) is 0 Å². The van der Waals surface area contributed by atoms with Crippen LogP contribution in [-0.4, -0.2) is 69.9 Å². The molecule has 2 aliphatic heterocycles. The number of sulfonamides is 1. The molecule has 31 heavy (non-hydrogen) atoms. The van der Waals surface area contributed by atoms with Gasteiger partial charge in [-0.25, -0.2) is 8.42 Å². The molecule has 2 fully saturated rings. The molecule has 166 valence electrons. The molecular weight excluding hydrogens is 414 g/mol. The highest BCUT2D eigenvalue weighted by molar-refractivity contribution is 7.89. The van der Waals surface area contributed by atoms with E-state index in [2.05, 4.69) is 24.0 Å². The van der Waals surface area contributed by atoms with Crippen LogP contribution in [0.15, 0.2) is 47.4 Å². The Labute approximate surface area is 184 Å². The van der Waals surface area contributed by atoms with Gasteiger partial charge >= 0.3 is 0 Å². The lowest BCUT2D eigenvalue weighted by Gasteiger charge is -2.37. The largest absolute Gasteiger partial charge is 0.495 e. The topological polar surface area (TPSA) is 70.2 Å². The molecule has 2 aromatic carbocycles. The van der Waals surface area contributed by atoms with Crippen LogP contribution >= 0.6 is 0 Å². The molecule has 2 aliphatic rings. The zero-order valence-corrected chi connectivity index (χ0v) is 18.9. The van der Waals surface area contributed by atoms with E-state index in [4.69, 9.17) is 4.74 Å². The van der Waals surface area contributed by atoms with E-state index in [1.165, 1.54) is 28.7 Å². The summed E-state index contributed by atoms with van der Waals surface area (Å²) in [6.45, 7) is 5.76. The van der Waals surface area contributed by atoms with E-state index < -0.39 is 10.0 Å². The number of benzene rings is 2. The van der Waals surface area contributed by atoms with E-state index in [-0.39, 0.29) is 16.6 Å². The Balaban J connectivity index is 1.52. The van der Waals surface area contributed by atoms with Crippen LogP contribution in [0.25, 0.3) is 0 Å². The lowest BCUT2D eigenvalue weighted by atomic mass is 10.1. The van der Waals surface area contributed by atoms with E-state index in [1.807, 2.05) is 12.1 Å². The summed E-state index contributed by atoms with van der Waals surface area (Å²) < 4.78 is 33.0. The van der Waals surface area contributed by atoms with Crippen molar-refractivity contribution >= 4 is 21.6 Å². The summed E-state index contributed by atoms with van der Waals surface area (Å²) in [6.07, 6.45) is 1.71. The summed E-state index contributed by atoms with van der Waals surface area (Å²) in [6, 6.07) is 13.0. The maximum Gasteiger partial charge on any atom is 0.254 e. The predicted molar refractivity (Wildman–Crippen MR) is 120 cm³/mol. The van der Waals surface area contributed by atoms with Crippen LogP contribution in [0.1, 0.15) is 28.8 Å². The zero-order valence-electron chi connectivity index (χ0n) is 18.1. The molecule has 0 aliphatic carbocycles. The van der Waals surface area contributed by atoms with E-state index in [0.29, 0.717) is 31.7 Å². The smallest absolute Gasteiger partial charge is 0.254 e. The van der Waals surface area contributed by atoms with Gasteiger partial charge < -0.3 is 14.5 Å². The minimum atomic E-state index is -3.69. The van der Waals surface area contributed by atoms with Gasteiger partial charge in [0, 0.05) is 50.5 Å². The summed E-state index contributed by atoms with van der Waals surface area (Å²) >= 11 is 0. The van der Waals surface area contributed by atoms with Gasteiger partial charge in [-0.15, -0.1) is 0 Å². The predicted octanol–water partition coefficient (Wildman–Crippen LogP) is 2.75. The fourth-order valence-corrected chi connectivity index (χ4v) is 6.03. The minimum Gasteiger partial charge on any atom is -0.495 e. The molecule has 8 heteroatoms. The average Bonchev–Trinajstić information content (AvgIpc) is 3.35. The van der Waals surface area contributed by atoms with Gasteiger partial charge in [-0.05, 0) is 49.6 Å². The number of piperazine rings is 1. The number of nitrogens with zero attached hydrogens (tertiary/aromatic N) is 3. The van der Waals surface area contributed by atoms with Crippen molar-refractivity contribution in [2.75, 3.05) is 51.3 Å². The number of para-hydroxylation sites is 1. The van der Waals surface area contributed by atoms with Crippen LogP contribution in [0.5, 0.6) is 5.75 Å². The molecule has 7 nitrogen and oxygen atoms in total. The molecule has 0 N–H and O–H groups in total. The Kier molecular flexibility index (Phi) is 6.20. The first-order valence-electron chi connectivity index (χ1n) is 10.7. The molecule has 0 unspecified atom stereocenters. The van der Waals surface area contributed by atoms with E-state index in [9.17, 15) is 13.2 Å². The van der Waals surface area contributed by atoms with E-state index >= 15 is 0 Å². The number of hydrogen-bond acceptors (Lipinski definition) is 5. The molecule has 0 bridgehead atoms. The maximum atomic E-state index is 13.2. The molecule has 0 radical (unpaired) electrons.